The Balaban J connectivity index is 1.55. The molecule has 0 unspecified atom stereocenters. The van der Waals surface area contributed by atoms with E-state index in [-0.39, 0.29) is 0 Å². The van der Waals surface area contributed by atoms with Crippen LogP contribution in [0.25, 0.3) is 22.3 Å². The van der Waals surface area contributed by atoms with Gasteiger partial charge in [-0.25, -0.2) is 0 Å². The molecule has 4 rings (SSSR count). The molecule has 3 aromatic rings. The number of nitrogens with zero attached hydrogens (tertiary/aromatic N) is 2. The van der Waals surface area contributed by atoms with Crippen molar-refractivity contribution >= 4 is 10.9 Å². The van der Waals surface area contributed by atoms with Crippen LogP contribution in [0, 0.1) is 5.92 Å². The van der Waals surface area contributed by atoms with Gasteiger partial charge in [0, 0.05) is 42.3 Å². The third-order valence-electron chi connectivity index (χ3n) is 4.08. The molecule has 1 aliphatic heterocycles. The molecule has 2 aromatic heterocycles. The van der Waals surface area contributed by atoms with Crippen LogP contribution >= 0.6 is 0 Å². The molecule has 21 heavy (non-hydrogen) atoms. The highest BCUT2D eigenvalue weighted by molar-refractivity contribution is 5.83. The predicted molar refractivity (Wildman–Crippen MR) is 78.8 cm³/mol. The molecule has 0 saturated carbocycles. The quantitative estimate of drug-likeness (QED) is 0.801. The zero-order chi connectivity index (χ0) is 14.1. The average molecular weight is 283 g/mol. The molecule has 1 saturated heterocycles. The van der Waals surface area contributed by atoms with Gasteiger partial charge < -0.3 is 14.2 Å². The highest BCUT2D eigenvalue weighted by atomic mass is 16.5. The Morgan fingerprint density at radius 1 is 1.19 bits per heavy atom. The number of hydrogen-bond acceptors (Lipinski definition) is 4. The van der Waals surface area contributed by atoms with Gasteiger partial charge in [0.05, 0.1) is 0 Å². The van der Waals surface area contributed by atoms with Gasteiger partial charge in [-0.05, 0) is 43.0 Å². The topological polar surface area (TPSA) is 63.9 Å². The molecule has 0 aliphatic carbocycles. The van der Waals surface area contributed by atoms with Gasteiger partial charge in [-0.3, -0.25) is 0 Å². The first-order valence-electron chi connectivity index (χ1n) is 7.36. The fourth-order valence-electron chi connectivity index (χ4n) is 2.84. The van der Waals surface area contributed by atoms with E-state index in [1.165, 1.54) is 0 Å². The van der Waals surface area contributed by atoms with Crippen LogP contribution < -0.4 is 0 Å². The van der Waals surface area contributed by atoms with E-state index in [0.29, 0.717) is 11.7 Å². The zero-order valence-electron chi connectivity index (χ0n) is 11.7. The van der Waals surface area contributed by atoms with Crippen LogP contribution in [-0.2, 0) is 11.2 Å². The van der Waals surface area contributed by atoms with E-state index in [1.54, 1.807) is 0 Å². The van der Waals surface area contributed by atoms with Crippen LogP contribution in [0.2, 0.25) is 0 Å². The number of hydrogen-bond donors (Lipinski definition) is 1. The van der Waals surface area contributed by atoms with Crippen LogP contribution in [-0.4, -0.2) is 28.3 Å². The maximum atomic E-state index is 5.41. The van der Waals surface area contributed by atoms with E-state index < -0.39 is 0 Å². The first-order chi connectivity index (χ1) is 10.4. The largest absolute Gasteiger partial charge is 0.381 e. The summed E-state index contributed by atoms with van der Waals surface area (Å²) in [5, 5.41) is 5.27. The highest BCUT2D eigenvalue weighted by Gasteiger charge is 2.18. The smallest absolute Gasteiger partial charge is 0.227 e. The van der Waals surface area contributed by atoms with Gasteiger partial charge in [0.15, 0.2) is 0 Å². The maximum absolute atomic E-state index is 5.41. The van der Waals surface area contributed by atoms with Crippen molar-refractivity contribution in [3.63, 3.8) is 0 Å². The maximum Gasteiger partial charge on any atom is 0.227 e. The standard InChI is InChI=1S/C16H17N3O2/c1-2-14-12(3-6-17-14)10-13(1)16-18-15(21-19-16)9-11-4-7-20-8-5-11/h1-3,6,10-11,17H,4-5,7-9H2. The van der Waals surface area contributed by atoms with Gasteiger partial charge in [-0.2, -0.15) is 4.98 Å². The lowest BCUT2D eigenvalue weighted by Crippen LogP contribution is -2.17. The second-order valence-electron chi connectivity index (χ2n) is 5.55. The molecule has 0 radical (unpaired) electrons. The first kappa shape index (κ1) is 12.6. The van der Waals surface area contributed by atoms with Gasteiger partial charge in [-0.15, -0.1) is 0 Å². The minimum Gasteiger partial charge on any atom is -0.381 e. The van der Waals surface area contributed by atoms with E-state index >= 15 is 0 Å². The number of benzene rings is 1. The van der Waals surface area contributed by atoms with E-state index in [2.05, 4.69) is 21.2 Å². The number of fused-ring (bicyclic) bond motifs is 1. The summed E-state index contributed by atoms with van der Waals surface area (Å²) >= 11 is 0. The van der Waals surface area contributed by atoms with Crippen LogP contribution in [0.4, 0.5) is 0 Å². The predicted octanol–water partition coefficient (Wildman–Crippen LogP) is 3.19. The minimum absolute atomic E-state index is 0.596. The summed E-state index contributed by atoms with van der Waals surface area (Å²) in [6.45, 7) is 1.69. The molecule has 1 aromatic carbocycles. The number of ether oxygens (including phenoxy) is 1. The summed E-state index contributed by atoms with van der Waals surface area (Å²) in [6, 6.07) is 8.18. The molecule has 0 atom stereocenters. The molecule has 0 amide bonds. The molecule has 1 aliphatic rings. The average Bonchev–Trinajstić information content (AvgIpc) is 3.16. The van der Waals surface area contributed by atoms with Crippen molar-refractivity contribution < 1.29 is 9.26 Å². The summed E-state index contributed by atoms with van der Waals surface area (Å²) in [4.78, 5) is 7.72. The van der Waals surface area contributed by atoms with Crippen LogP contribution in [0.5, 0.6) is 0 Å². The molecule has 1 N–H and O–H groups in total. The Morgan fingerprint density at radius 2 is 2.10 bits per heavy atom. The Hall–Kier alpha value is -2.14. The third kappa shape index (κ3) is 2.56. The lowest BCUT2D eigenvalue weighted by molar-refractivity contribution is 0.0642. The Kier molecular flexibility index (Phi) is 3.20. The summed E-state index contributed by atoms with van der Waals surface area (Å²) in [7, 11) is 0. The summed E-state index contributed by atoms with van der Waals surface area (Å²) in [5.41, 5.74) is 2.11. The van der Waals surface area contributed by atoms with Crippen molar-refractivity contribution in [2.24, 2.45) is 5.92 Å². The molecule has 0 spiro atoms. The van der Waals surface area contributed by atoms with Crippen LogP contribution in [0.15, 0.2) is 35.0 Å². The fourth-order valence-corrected chi connectivity index (χ4v) is 2.84. The lowest BCUT2D eigenvalue weighted by Gasteiger charge is -2.19. The van der Waals surface area contributed by atoms with E-state index in [0.717, 1.165) is 54.8 Å². The number of rotatable bonds is 3. The van der Waals surface area contributed by atoms with Gasteiger partial charge in [0.25, 0.3) is 0 Å². The van der Waals surface area contributed by atoms with Gasteiger partial charge in [0.2, 0.25) is 11.7 Å². The third-order valence-corrected chi connectivity index (χ3v) is 4.08. The second-order valence-corrected chi connectivity index (χ2v) is 5.55. The van der Waals surface area contributed by atoms with Crippen molar-refractivity contribution in [3.05, 3.63) is 36.4 Å². The van der Waals surface area contributed by atoms with Crippen molar-refractivity contribution in [1.29, 1.82) is 0 Å². The normalized spacial score (nSPS) is 16.6. The number of H-pyrrole nitrogens is 1. The second kappa shape index (κ2) is 5.33. The van der Waals surface area contributed by atoms with Crippen molar-refractivity contribution in [2.75, 3.05) is 13.2 Å². The number of aromatic amines is 1. The van der Waals surface area contributed by atoms with Crippen molar-refractivity contribution in [3.8, 4) is 11.4 Å². The fraction of sp³-hybridized carbons (Fsp3) is 0.375. The van der Waals surface area contributed by atoms with E-state index in [1.807, 2.05) is 24.4 Å². The molecule has 5 nitrogen and oxygen atoms in total. The van der Waals surface area contributed by atoms with E-state index in [9.17, 15) is 0 Å². The molecular formula is C16H17N3O2. The lowest BCUT2D eigenvalue weighted by atomic mass is 9.97. The Bertz CT molecular complexity index is 741. The molecule has 1 fully saturated rings. The Labute approximate surface area is 122 Å². The summed E-state index contributed by atoms with van der Waals surface area (Å²) < 4.78 is 10.8. The Morgan fingerprint density at radius 3 is 3.00 bits per heavy atom. The number of aromatic nitrogens is 3. The summed E-state index contributed by atoms with van der Waals surface area (Å²) in [6.07, 6.45) is 4.93. The molecule has 108 valence electrons. The van der Waals surface area contributed by atoms with Gasteiger partial charge in [-0.1, -0.05) is 5.16 Å². The number of nitrogens with one attached hydrogen (secondary N) is 1. The van der Waals surface area contributed by atoms with E-state index in [4.69, 9.17) is 9.26 Å². The monoisotopic (exact) mass is 283 g/mol. The zero-order valence-corrected chi connectivity index (χ0v) is 11.7. The van der Waals surface area contributed by atoms with Crippen molar-refractivity contribution in [1.82, 2.24) is 15.1 Å². The molecule has 3 heterocycles. The van der Waals surface area contributed by atoms with Gasteiger partial charge in [0.1, 0.15) is 0 Å². The molecular weight excluding hydrogens is 266 g/mol. The first-order valence-corrected chi connectivity index (χ1v) is 7.36. The molecule has 0 bridgehead atoms. The molecule has 5 heteroatoms. The summed E-state index contributed by atoms with van der Waals surface area (Å²) in [5.74, 6) is 1.99. The SMILES string of the molecule is c1cc2cc(-c3noc(CC4CCOCC4)n3)ccc2[nH]1. The van der Waals surface area contributed by atoms with Crippen LogP contribution in [0.3, 0.4) is 0 Å². The van der Waals surface area contributed by atoms with Crippen LogP contribution in [0.1, 0.15) is 18.7 Å². The van der Waals surface area contributed by atoms with Crippen molar-refractivity contribution in [2.45, 2.75) is 19.3 Å². The highest BCUT2D eigenvalue weighted by Crippen LogP contribution is 2.24. The van der Waals surface area contributed by atoms with Gasteiger partial charge >= 0.3 is 0 Å². The minimum atomic E-state index is 0.596.